The lowest BCUT2D eigenvalue weighted by Gasteiger charge is -2.33. The lowest BCUT2D eigenvalue weighted by molar-refractivity contribution is -0.0987. The summed E-state index contributed by atoms with van der Waals surface area (Å²) in [4.78, 5) is 8.48. The molecule has 3 heterocycles. The van der Waals surface area contributed by atoms with Gasteiger partial charge in [0.25, 0.3) is 5.92 Å². The highest BCUT2D eigenvalue weighted by Gasteiger charge is 2.65. The molecule has 5 rings (SSSR count). The Morgan fingerprint density at radius 2 is 1.95 bits per heavy atom. The predicted molar refractivity (Wildman–Crippen MR) is 161 cm³/mol. The Morgan fingerprint density at radius 3 is 2.56 bits per heavy atom. The Hall–Kier alpha value is -4.48. The Labute approximate surface area is 249 Å². The minimum absolute atomic E-state index is 0.0550. The molecule has 1 aliphatic heterocycles. The number of benzene rings is 1. The average molecular weight is 589 g/mol. The number of aromatic nitrogens is 2. The average Bonchev–Trinajstić information content (AvgIpc) is 3.65. The first-order valence-corrected chi connectivity index (χ1v) is 14.2. The lowest BCUT2D eigenvalue weighted by atomic mass is 9.96. The number of halogens is 3. The number of terminal acetylenes is 1. The van der Waals surface area contributed by atoms with E-state index in [-0.39, 0.29) is 11.8 Å². The van der Waals surface area contributed by atoms with E-state index >= 15 is 0 Å². The second kappa shape index (κ2) is 11.0. The zero-order chi connectivity index (χ0) is 31.2. The third-order valence-electron chi connectivity index (χ3n) is 7.97. The summed E-state index contributed by atoms with van der Waals surface area (Å²) in [6, 6.07) is 7.94. The molecular weight excluding hydrogens is 553 g/mol. The van der Waals surface area contributed by atoms with Crippen molar-refractivity contribution in [3.05, 3.63) is 70.7 Å². The number of hydrogen-bond acceptors (Lipinski definition) is 8. The Balaban J connectivity index is 1.61. The van der Waals surface area contributed by atoms with Crippen LogP contribution in [0.15, 0.2) is 42.4 Å². The molecule has 43 heavy (non-hydrogen) atoms. The van der Waals surface area contributed by atoms with Crippen molar-refractivity contribution < 1.29 is 13.2 Å². The molecule has 224 valence electrons. The maximum Gasteiger partial charge on any atom is 0.272 e. The number of nitrogens with one attached hydrogen (secondary N) is 4. The molecule has 0 bridgehead atoms. The summed E-state index contributed by atoms with van der Waals surface area (Å²) in [5, 5.41) is 19.0. The van der Waals surface area contributed by atoms with Gasteiger partial charge in [0, 0.05) is 47.7 Å². The largest absolute Gasteiger partial charge is 0.383 e. The number of rotatable bonds is 9. The van der Waals surface area contributed by atoms with E-state index in [1.54, 1.807) is 31.5 Å². The predicted octanol–water partition coefficient (Wildman–Crippen LogP) is 6.29. The van der Waals surface area contributed by atoms with Gasteiger partial charge in [0.15, 0.2) is 0 Å². The van der Waals surface area contributed by atoms with E-state index in [9.17, 15) is 18.4 Å². The maximum atomic E-state index is 15.0. The zero-order valence-electron chi connectivity index (χ0n) is 24.9. The van der Waals surface area contributed by atoms with Crippen molar-refractivity contribution in [1.82, 2.24) is 25.9 Å². The van der Waals surface area contributed by atoms with Crippen molar-refractivity contribution in [2.45, 2.75) is 71.4 Å². The normalized spacial score (nSPS) is 16.6. The standard InChI is InChI=1S/C32H35F3N8/c1-7-20-16-37-28-21(15-36)13-22(14-24(28)27(20)38-18-30(4,5)6)40-29(23-9-10-26(33)39-19(23)3)25-17-43(42-41-25)31(11-12-31)32(34,35)8-2/h1,9-10,13-14,16-17,29,40-42H,8,11-12,18H2,2-6H3,(H,37,38)/t29-/m0/s1. The fraction of sp³-hybridized carbons (Fsp3) is 0.406. The molecule has 1 saturated carbocycles. The highest BCUT2D eigenvalue weighted by molar-refractivity contribution is 5.99. The van der Waals surface area contributed by atoms with E-state index < -0.39 is 23.5 Å². The van der Waals surface area contributed by atoms with E-state index in [0.29, 0.717) is 69.7 Å². The van der Waals surface area contributed by atoms with Gasteiger partial charge in [0.2, 0.25) is 5.95 Å². The Bertz CT molecular complexity index is 1680. The summed E-state index contributed by atoms with van der Waals surface area (Å²) in [5.74, 6) is -0.852. The van der Waals surface area contributed by atoms with Crippen LogP contribution in [0.1, 0.15) is 75.4 Å². The number of alkyl halides is 2. The van der Waals surface area contributed by atoms with Crippen LogP contribution in [0.4, 0.5) is 24.5 Å². The van der Waals surface area contributed by atoms with Crippen molar-refractivity contribution in [3.8, 4) is 18.4 Å². The Morgan fingerprint density at radius 1 is 1.21 bits per heavy atom. The summed E-state index contributed by atoms with van der Waals surface area (Å²) < 4.78 is 43.9. The van der Waals surface area contributed by atoms with Gasteiger partial charge >= 0.3 is 0 Å². The molecule has 4 N–H and O–H groups in total. The van der Waals surface area contributed by atoms with Crippen LogP contribution in [-0.4, -0.2) is 33.0 Å². The lowest BCUT2D eigenvalue weighted by Crippen LogP contribution is -2.53. The molecule has 0 radical (unpaired) electrons. The van der Waals surface area contributed by atoms with Crippen LogP contribution in [0.25, 0.3) is 10.9 Å². The van der Waals surface area contributed by atoms with Crippen molar-refractivity contribution in [3.63, 3.8) is 0 Å². The third kappa shape index (κ3) is 5.65. The van der Waals surface area contributed by atoms with Crippen LogP contribution >= 0.6 is 0 Å². The van der Waals surface area contributed by atoms with Crippen LogP contribution < -0.4 is 21.6 Å². The second-order valence-corrected chi connectivity index (χ2v) is 12.3. The van der Waals surface area contributed by atoms with Crippen LogP contribution in [-0.2, 0) is 0 Å². The van der Waals surface area contributed by atoms with E-state index in [4.69, 9.17) is 6.42 Å². The second-order valence-electron chi connectivity index (χ2n) is 12.3. The first kappa shape index (κ1) is 30.0. The number of fused-ring (bicyclic) bond motifs is 1. The van der Waals surface area contributed by atoms with Crippen LogP contribution in [0.3, 0.4) is 0 Å². The molecule has 1 atom stereocenters. The molecule has 0 amide bonds. The monoisotopic (exact) mass is 588 g/mol. The third-order valence-corrected chi connectivity index (χ3v) is 7.97. The summed E-state index contributed by atoms with van der Waals surface area (Å²) in [6.07, 6.45) is 9.41. The van der Waals surface area contributed by atoms with E-state index in [2.05, 4.69) is 64.3 Å². The van der Waals surface area contributed by atoms with E-state index in [1.807, 2.05) is 6.07 Å². The minimum Gasteiger partial charge on any atom is -0.383 e. The summed E-state index contributed by atoms with van der Waals surface area (Å²) >= 11 is 0. The molecule has 3 aromatic rings. The van der Waals surface area contributed by atoms with Gasteiger partial charge < -0.3 is 16.1 Å². The quantitative estimate of drug-likeness (QED) is 0.171. The van der Waals surface area contributed by atoms with Gasteiger partial charge in [0.05, 0.1) is 34.1 Å². The molecule has 0 unspecified atom stereocenters. The summed E-state index contributed by atoms with van der Waals surface area (Å²) in [6.45, 7) is 10.1. The molecule has 0 spiro atoms. The number of nitrogens with zero attached hydrogens (tertiary/aromatic N) is 4. The van der Waals surface area contributed by atoms with Crippen molar-refractivity contribution in [2.24, 2.45) is 5.41 Å². The molecule has 2 aliphatic rings. The van der Waals surface area contributed by atoms with Gasteiger partial charge in [-0.3, -0.25) is 9.99 Å². The number of pyridine rings is 2. The van der Waals surface area contributed by atoms with Crippen molar-refractivity contribution in [2.75, 3.05) is 17.2 Å². The molecule has 1 aliphatic carbocycles. The number of hydrazine groups is 2. The molecule has 2 aromatic heterocycles. The van der Waals surface area contributed by atoms with Crippen molar-refractivity contribution in [1.29, 1.82) is 5.26 Å². The molecule has 0 saturated heterocycles. The van der Waals surface area contributed by atoms with E-state index in [0.717, 1.165) is 0 Å². The molecule has 1 fully saturated rings. The Kier molecular flexibility index (Phi) is 7.66. The molecule has 1 aromatic carbocycles. The van der Waals surface area contributed by atoms with Crippen molar-refractivity contribution >= 4 is 22.3 Å². The smallest absolute Gasteiger partial charge is 0.272 e. The van der Waals surface area contributed by atoms with Gasteiger partial charge in [-0.15, -0.1) is 12.0 Å². The first-order chi connectivity index (χ1) is 20.3. The zero-order valence-corrected chi connectivity index (χ0v) is 24.9. The summed E-state index contributed by atoms with van der Waals surface area (Å²) in [5.41, 5.74) is 8.72. The van der Waals surface area contributed by atoms with Gasteiger partial charge in [0.1, 0.15) is 11.6 Å². The highest BCUT2D eigenvalue weighted by Crippen LogP contribution is 2.54. The molecular formula is C32H35F3N8. The van der Waals surface area contributed by atoms with Gasteiger partial charge in [-0.25, -0.2) is 13.8 Å². The van der Waals surface area contributed by atoms with E-state index in [1.165, 1.54) is 18.0 Å². The SMILES string of the molecule is C#Cc1cnc2c(C#N)cc(N[C@H](C3=CN(C4(C(F)(F)CC)CC4)NN3)c3ccc(F)nc3C)cc2c1NCC(C)(C)C. The summed E-state index contributed by atoms with van der Waals surface area (Å²) in [7, 11) is 0. The molecule has 11 heteroatoms. The first-order valence-electron chi connectivity index (χ1n) is 14.2. The number of anilines is 2. The molecule has 8 nitrogen and oxygen atoms in total. The van der Waals surface area contributed by atoms with Crippen LogP contribution in [0.5, 0.6) is 0 Å². The number of aryl methyl sites for hydroxylation is 1. The van der Waals surface area contributed by atoms with Gasteiger partial charge in [-0.05, 0) is 43.4 Å². The topological polar surface area (TPSA) is 101 Å². The minimum atomic E-state index is -2.90. The number of hydrogen-bond donors (Lipinski definition) is 4. The fourth-order valence-electron chi connectivity index (χ4n) is 5.40. The van der Waals surface area contributed by atoms with Crippen LogP contribution in [0.2, 0.25) is 0 Å². The number of nitriles is 1. The fourth-order valence-corrected chi connectivity index (χ4v) is 5.40. The van der Waals surface area contributed by atoms with Crippen LogP contribution in [0, 0.1) is 42.0 Å². The maximum absolute atomic E-state index is 15.0. The highest BCUT2D eigenvalue weighted by atomic mass is 19.3. The van der Waals surface area contributed by atoms with Gasteiger partial charge in [-0.1, -0.05) is 39.7 Å². The van der Waals surface area contributed by atoms with Gasteiger partial charge in [-0.2, -0.15) is 9.65 Å².